The molecule has 0 saturated carbocycles. The van der Waals surface area contributed by atoms with Crippen LogP contribution < -0.4 is 10.2 Å². The average Bonchev–Trinajstić information content (AvgIpc) is 2.88. The quantitative estimate of drug-likeness (QED) is 0.904. The summed E-state index contributed by atoms with van der Waals surface area (Å²) in [5, 5.41) is 7.19. The molecule has 7 heteroatoms. The number of aromatic nitrogens is 4. The van der Waals surface area contributed by atoms with Crippen molar-refractivity contribution in [2.75, 3.05) is 18.0 Å². The molecular weight excluding hydrogens is 268 g/mol. The first-order chi connectivity index (χ1) is 10.2. The molecule has 1 aliphatic rings. The number of anilines is 1. The summed E-state index contributed by atoms with van der Waals surface area (Å²) in [6.45, 7) is 5.57. The second-order valence-electron chi connectivity index (χ2n) is 5.34. The molecule has 3 heterocycles. The highest BCUT2D eigenvalue weighted by Crippen LogP contribution is 2.21. The minimum absolute atomic E-state index is 0.0506. The summed E-state index contributed by atoms with van der Waals surface area (Å²) in [7, 11) is 0. The zero-order valence-corrected chi connectivity index (χ0v) is 12.4. The zero-order valence-electron chi connectivity index (χ0n) is 12.4. The Kier molecular flexibility index (Phi) is 3.72. The van der Waals surface area contributed by atoms with Gasteiger partial charge < -0.3 is 10.2 Å². The molecule has 1 N–H and O–H groups in total. The maximum absolute atomic E-state index is 12.1. The summed E-state index contributed by atoms with van der Waals surface area (Å²) in [5.41, 5.74) is 0.991. The van der Waals surface area contributed by atoms with E-state index in [4.69, 9.17) is 0 Å². The van der Waals surface area contributed by atoms with Gasteiger partial charge in [0, 0.05) is 24.8 Å². The average molecular weight is 288 g/mol. The fourth-order valence-electron chi connectivity index (χ4n) is 2.69. The largest absolute Gasteiger partial charge is 0.354 e. The second kappa shape index (κ2) is 5.67. The third-order valence-electron chi connectivity index (χ3n) is 3.81. The SMILES string of the molecule is CCCc1cc(N2CCCNC(=O)[C@@H]2C)n2ncnc2n1. The molecule has 1 aliphatic heterocycles. The Hall–Kier alpha value is -2.18. The summed E-state index contributed by atoms with van der Waals surface area (Å²) >= 11 is 0. The Bertz CT molecular complexity index is 652. The van der Waals surface area contributed by atoms with Crippen LogP contribution >= 0.6 is 0 Å². The molecule has 2 aromatic rings. The lowest BCUT2D eigenvalue weighted by molar-refractivity contribution is -0.121. The molecule has 0 unspecified atom stereocenters. The number of nitrogens with zero attached hydrogens (tertiary/aromatic N) is 5. The lowest BCUT2D eigenvalue weighted by Crippen LogP contribution is -2.43. The summed E-state index contributed by atoms with van der Waals surface area (Å²) in [4.78, 5) is 22.9. The maximum atomic E-state index is 12.1. The molecule has 0 radical (unpaired) electrons. The van der Waals surface area contributed by atoms with Crippen molar-refractivity contribution in [3.05, 3.63) is 18.1 Å². The lowest BCUT2D eigenvalue weighted by Gasteiger charge is -2.27. The van der Waals surface area contributed by atoms with E-state index in [0.717, 1.165) is 37.3 Å². The molecule has 21 heavy (non-hydrogen) atoms. The van der Waals surface area contributed by atoms with E-state index in [1.807, 2.05) is 13.0 Å². The summed E-state index contributed by atoms with van der Waals surface area (Å²) in [5.74, 6) is 1.54. The number of nitrogens with one attached hydrogen (secondary N) is 1. The molecule has 3 rings (SSSR count). The van der Waals surface area contributed by atoms with Crippen LogP contribution in [0.25, 0.3) is 5.78 Å². The lowest BCUT2D eigenvalue weighted by atomic mass is 10.2. The van der Waals surface area contributed by atoms with Crippen LogP contribution in [0.4, 0.5) is 5.82 Å². The van der Waals surface area contributed by atoms with Gasteiger partial charge in [0.15, 0.2) is 0 Å². The zero-order chi connectivity index (χ0) is 14.8. The molecular formula is C14H20N6O. The van der Waals surface area contributed by atoms with Gasteiger partial charge >= 0.3 is 0 Å². The van der Waals surface area contributed by atoms with E-state index in [-0.39, 0.29) is 11.9 Å². The third kappa shape index (κ3) is 2.55. The fourth-order valence-corrected chi connectivity index (χ4v) is 2.69. The number of rotatable bonds is 3. The number of carbonyl (C=O) groups excluding carboxylic acids is 1. The number of carbonyl (C=O) groups is 1. The van der Waals surface area contributed by atoms with Gasteiger partial charge in [0.05, 0.1) is 0 Å². The van der Waals surface area contributed by atoms with Crippen LogP contribution in [-0.2, 0) is 11.2 Å². The minimum atomic E-state index is -0.225. The first-order valence-electron chi connectivity index (χ1n) is 7.44. The van der Waals surface area contributed by atoms with Crippen LogP contribution in [0.1, 0.15) is 32.4 Å². The molecule has 7 nitrogen and oxygen atoms in total. The number of hydrogen-bond acceptors (Lipinski definition) is 5. The molecule has 0 aliphatic carbocycles. The molecule has 0 aromatic carbocycles. The van der Waals surface area contributed by atoms with Crippen molar-refractivity contribution in [3.8, 4) is 0 Å². The predicted octanol–water partition coefficient (Wildman–Crippen LogP) is 0.792. The molecule has 1 amide bonds. The summed E-state index contributed by atoms with van der Waals surface area (Å²) in [6, 6.07) is 1.80. The van der Waals surface area contributed by atoms with Gasteiger partial charge in [0.25, 0.3) is 5.78 Å². The topological polar surface area (TPSA) is 75.4 Å². The van der Waals surface area contributed by atoms with E-state index >= 15 is 0 Å². The van der Waals surface area contributed by atoms with Crippen molar-refractivity contribution in [2.24, 2.45) is 0 Å². The van der Waals surface area contributed by atoms with E-state index in [0.29, 0.717) is 12.3 Å². The van der Waals surface area contributed by atoms with E-state index in [2.05, 4.69) is 32.2 Å². The van der Waals surface area contributed by atoms with Gasteiger partial charge in [0.2, 0.25) is 5.91 Å². The number of amides is 1. The van der Waals surface area contributed by atoms with Gasteiger partial charge in [-0.15, -0.1) is 0 Å². The molecule has 0 spiro atoms. The first kappa shape index (κ1) is 13.8. The highest BCUT2D eigenvalue weighted by molar-refractivity contribution is 5.85. The van der Waals surface area contributed by atoms with Crippen LogP contribution in [0, 0.1) is 0 Å². The van der Waals surface area contributed by atoms with Crippen molar-refractivity contribution in [3.63, 3.8) is 0 Å². The van der Waals surface area contributed by atoms with Crippen LogP contribution in [0.15, 0.2) is 12.4 Å². The fraction of sp³-hybridized carbons (Fsp3) is 0.571. The maximum Gasteiger partial charge on any atom is 0.254 e. The van der Waals surface area contributed by atoms with Gasteiger partial charge in [-0.05, 0) is 19.8 Å². The van der Waals surface area contributed by atoms with E-state index in [9.17, 15) is 4.79 Å². The number of fused-ring (bicyclic) bond motifs is 1. The van der Waals surface area contributed by atoms with Crippen molar-refractivity contribution < 1.29 is 4.79 Å². The Morgan fingerprint density at radius 1 is 1.48 bits per heavy atom. The van der Waals surface area contributed by atoms with Crippen molar-refractivity contribution >= 4 is 17.5 Å². The molecule has 2 aromatic heterocycles. The summed E-state index contributed by atoms with van der Waals surface area (Å²) in [6.07, 6.45) is 4.33. The van der Waals surface area contributed by atoms with Gasteiger partial charge in [-0.3, -0.25) is 4.79 Å². The van der Waals surface area contributed by atoms with Crippen molar-refractivity contribution in [1.82, 2.24) is 24.9 Å². The van der Waals surface area contributed by atoms with Crippen LogP contribution in [0.3, 0.4) is 0 Å². The van der Waals surface area contributed by atoms with Gasteiger partial charge in [0.1, 0.15) is 18.2 Å². The van der Waals surface area contributed by atoms with Gasteiger partial charge in [-0.2, -0.15) is 14.6 Å². The van der Waals surface area contributed by atoms with Gasteiger partial charge in [-0.1, -0.05) is 13.3 Å². The standard InChI is InChI=1S/C14H20N6O/c1-3-5-11-8-12(20-14(18-11)16-9-17-20)19-7-4-6-15-13(21)10(19)2/h8-10H,3-7H2,1-2H3,(H,15,21)/t10-/m0/s1. The number of aryl methyl sites for hydroxylation is 1. The van der Waals surface area contributed by atoms with E-state index in [1.165, 1.54) is 6.33 Å². The Balaban J connectivity index is 2.08. The monoisotopic (exact) mass is 288 g/mol. The normalized spacial score (nSPS) is 19.6. The highest BCUT2D eigenvalue weighted by atomic mass is 16.2. The smallest absolute Gasteiger partial charge is 0.254 e. The van der Waals surface area contributed by atoms with Gasteiger partial charge in [-0.25, -0.2) is 4.98 Å². The van der Waals surface area contributed by atoms with E-state index in [1.54, 1.807) is 4.52 Å². The van der Waals surface area contributed by atoms with Crippen LogP contribution in [0.2, 0.25) is 0 Å². The minimum Gasteiger partial charge on any atom is -0.354 e. The van der Waals surface area contributed by atoms with E-state index < -0.39 is 0 Å². The third-order valence-corrected chi connectivity index (χ3v) is 3.81. The molecule has 1 fully saturated rings. The second-order valence-corrected chi connectivity index (χ2v) is 5.34. The van der Waals surface area contributed by atoms with Crippen molar-refractivity contribution in [1.29, 1.82) is 0 Å². The highest BCUT2D eigenvalue weighted by Gasteiger charge is 2.26. The Labute approximate surface area is 123 Å². The van der Waals surface area contributed by atoms with Crippen LogP contribution in [-0.4, -0.2) is 44.6 Å². The summed E-state index contributed by atoms with van der Waals surface area (Å²) < 4.78 is 1.72. The molecule has 1 saturated heterocycles. The molecule has 0 bridgehead atoms. The number of hydrogen-bond donors (Lipinski definition) is 1. The Morgan fingerprint density at radius 3 is 3.14 bits per heavy atom. The molecule has 1 atom stereocenters. The first-order valence-corrected chi connectivity index (χ1v) is 7.44. The van der Waals surface area contributed by atoms with Crippen molar-refractivity contribution in [2.45, 2.75) is 39.2 Å². The molecule has 112 valence electrons. The van der Waals surface area contributed by atoms with Crippen LogP contribution in [0.5, 0.6) is 0 Å². The Morgan fingerprint density at radius 2 is 2.33 bits per heavy atom. The predicted molar refractivity (Wildman–Crippen MR) is 79.2 cm³/mol.